The number of β-amino-alcohol motifs (C(OH)–C–C–N with tert-alkyl or cyclic N) is 1. The van der Waals surface area contributed by atoms with E-state index in [4.69, 9.17) is 4.74 Å². The molecule has 14 heavy (non-hydrogen) atoms. The molecule has 0 spiro atoms. The van der Waals surface area contributed by atoms with Crippen LogP contribution in [0.2, 0.25) is 0 Å². The predicted octanol–water partition coefficient (Wildman–Crippen LogP) is 1.12. The molecule has 0 unspecified atom stereocenters. The second-order valence-electron chi connectivity index (χ2n) is 4.57. The summed E-state index contributed by atoms with van der Waals surface area (Å²) in [4.78, 5) is 2.29. The number of hydrogen-bond donors (Lipinski definition) is 1. The average molecular weight is 201 g/mol. The minimum Gasteiger partial charge on any atom is -0.392 e. The molecule has 84 valence electrons. The molecule has 0 radical (unpaired) electrons. The van der Waals surface area contributed by atoms with Crippen molar-refractivity contribution in [1.29, 1.82) is 0 Å². The lowest BCUT2D eigenvalue weighted by molar-refractivity contribution is 0.0396. The van der Waals surface area contributed by atoms with E-state index in [1.165, 1.54) is 0 Å². The molecule has 0 aromatic carbocycles. The van der Waals surface area contributed by atoms with Crippen LogP contribution in [0.15, 0.2) is 0 Å². The summed E-state index contributed by atoms with van der Waals surface area (Å²) < 4.78 is 5.51. The number of hydrogen-bond acceptors (Lipinski definition) is 3. The van der Waals surface area contributed by atoms with E-state index in [0.29, 0.717) is 5.92 Å². The summed E-state index contributed by atoms with van der Waals surface area (Å²) in [5, 5.41) is 9.44. The van der Waals surface area contributed by atoms with E-state index in [0.717, 1.165) is 45.7 Å². The molecule has 1 atom stereocenters. The van der Waals surface area contributed by atoms with Crippen LogP contribution in [0.25, 0.3) is 0 Å². The SMILES string of the molecule is CC(C)COCCN1CCC[C@H](O)C1. The van der Waals surface area contributed by atoms with E-state index in [2.05, 4.69) is 18.7 Å². The summed E-state index contributed by atoms with van der Waals surface area (Å²) in [6.07, 6.45) is 1.96. The van der Waals surface area contributed by atoms with Gasteiger partial charge in [0.2, 0.25) is 0 Å². The minimum atomic E-state index is -0.117. The van der Waals surface area contributed by atoms with Crippen molar-refractivity contribution in [3.63, 3.8) is 0 Å². The van der Waals surface area contributed by atoms with Crippen molar-refractivity contribution in [2.75, 3.05) is 32.8 Å². The molecule has 1 rings (SSSR count). The van der Waals surface area contributed by atoms with Crippen LogP contribution in [0.3, 0.4) is 0 Å². The first-order chi connectivity index (χ1) is 6.68. The molecule has 0 aromatic heterocycles. The molecule has 0 aliphatic carbocycles. The number of rotatable bonds is 5. The summed E-state index contributed by atoms with van der Waals surface area (Å²) in [6, 6.07) is 0. The summed E-state index contributed by atoms with van der Waals surface area (Å²) >= 11 is 0. The predicted molar refractivity (Wildman–Crippen MR) is 57.3 cm³/mol. The van der Waals surface area contributed by atoms with E-state index < -0.39 is 0 Å². The van der Waals surface area contributed by atoms with Crippen LogP contribution in [0, 0.1) is 5.92 Å². The van der Waals surface area contributed by atoms with Crippen LogP contribution < -0.4 is 0 Å². The van der Waals surface area contributed by atoms with E-state index in [1.54, 1.807) is 0 Å². The molecule has 3 nitrogen and oxygen atoms in total. The van der Waals surface area contributed by atoms with Crippen LogP contribution in [-0.4, -0.2) is 49.0 Å². The Kier molecular flexibility index (Phi) is 5.45. The van der Waals surface area contributed by atoms with Crippen molar-refractivity contribution in [2.45, 2.75) is 32.8 Å². The maximum Gasteiger partial charge on any atom is 0.0667 e. The van der Waals surface area contributed by atoms with Gasteiger partial charge >= 0.3 is 0 Å². The standard InChI is InChI=1S/C11H23NO2/c1-10(2)9-14-7-6-12-5-3-4-11(13)8-12/h10-11,13H,3-9H2,1-2H3/t11-/m0/s1. The highest BCUT2D eigenvalue weighted by molar-refractivity contribution is 4.71. The minimum absolute atomic E-state index is 0.117. The van der Waals surface area contributed by atoms with Crippen LogP contribution >= 0.6 is 0 Å². The van der Waals surface area contributed by atoms with Gasteiger partial charge in [-0.05, 0) is 25.3 Å². The van der Waals surface area contributed by atoms with Gasteiger partial charge in [0.15, 0.2) is 0 Å². The maximum atomic E-state index is 9.44. The number of likely N-dealkylation sites (tertiary alicyclic amines) is 1. The number of ether oxygens (including phenoxy) is 1. The number of nitrogens with zero attached hydrogens (tertiary/aromatic N) is 1. The largest absolute Gasteiger partial charge is 0.392 e. The lowest BCUT2D eigenvalue weighted by atomic mass is 10.1. The molecule has 0 bridgehead atoms. The molecule has 0 aromatic rings. The topological polar surface area (TPSA) is 32.7 Å². The molecule has 1 aliphatic heterocycles. The smallest absolute Gasteiger partial charge is 0.0667 e. The zero-order valence-corrected chi connectivity index (χ0v) is 9.41. The zero-order valence-electron chi connectivity index (χ0n) is 9.41. The third-order valence-corrected chi connectivity index (χ3v) is 2.48. The van der Waals surface area contributed by atoms with Gasteiger partial charge in [0.25, 0.3) is 0 Å². The molecule has 0 saturated carbocycles. The van der Waals surface area contributed by atoms with Crippen molar-refractivity contribution in [3.8, 4) is 0 Å². The van der Waals surface area contributed by atoms with Crippen molar-refractivity contribution in [1.82, 2.24) is 4.90 Å². The Morgan fingerprint density at radius 3 is 2.93 bits per heavy atom. The Morgan fingerprint density at radius 1 is 1.50 bits per heavy atom. The quantitative estimate of drug-likeness (QED) is 0.676. The Morgan fingerprint density at radius 2 is 2.29 bits per heavy atom. The zero-order chi connectivity index (χ0) is 10.4. The monoisotopic (exact) mass is 201 g/mol. The van der Waals surface area contributed by atoms with E-state index in [-0.39, 0.29) is 6.10 Å². The Hall–Kier alpha value is -0.120. The third-order valence-electron chi connectivity index (χ3n) is 2.48. The number of aliphatic hydroxyl groups excluding tert-OH is 1. The molecule has 0 amide bonds. The summed E-state index contributed by atoms with van der Waals surface area (Å²) in [5.74, 6) is 0.613. The van der Waals surface area contributed by atoms with Gasteiger partial charge in [0.05, 0.1) is 12.7 Å². The lowest BCUT2D eigenvalue weighted by Crippen LogP contribution is -2.40. The normalized spacial score (nSPS) is 24.4. The number of aliphatic hydroxyl groups is 1. The van der Waals surface area contributed by atoms with E-state index in [9.17, 15) is 5.11 Å². The van der Waals surface area contributed by atoms with Gasteiger partial charge in [-0.2, -0.15) is 0 Å². The van der Waals surface area contributed by atoms with Gasteiger partial charge < -0.3 is 9.84 Å². The van der Waals surface area contributed by atoms with E-state index >= 15 is 0 Å². The lowest BCUT2D eigenvalue weighted by Gasteiger charge is -2.29. The highest BCUT2D eigenvalue weighted by Gasteiger charge is 2.16. The molecule has 1 heterocycles. The summed E-state index contributed by atoms with van der Waals surface area (Å²) in [6.45, 7) is 8.85. The number of piperidine rings is 1. The highest BCUT2D eigenvalue weighted by atomic mass is 16.5. The highest BCUT2D eigenvalue weighted by Crippen LogP contribution is 2.08. The fraction of sp³-hybridized carbons (Fsp3) is 1.00. The van der Waals surface area contributed by atoms with Crippen LogP contribution in [0.1, 0.15) is 26.7 Å². The molecule has 1 aliphatic rings. The molecule has 1 N–H and O–H groups in total. The second-order valence-corrected chi connectivity index (χ2v) is 4.57. The Balaban J connectivity index is 2.00. The molecule has 1 saturated heterocycles. The first-order valence-corrected chi connectivity index (χ1v) is 5.66. The van der Waals surface area contributed by atoms with Gasteiger partial charge in [-0.25, -0.2) is 0 Å². The van der Waals surface area contributed by atoms with Gasteiger partial charge in [-0.1, -0.05) is 13.8 Å². The van der Waals surface area contributed by atoms with Gasteiger partial charge in [-0.15, -0.1) is 0 Å². The Bertz CT molecular complexity index is 150. The molecule has 1 fully saturated rings. The third kappa shape index (κ3) is 4.94. The van der Waals surface area contributed by atoms with Crippen molar-refractivity contribution < 1.29 is 9.84 Å². The first-order valence-electron chi connectivity index (χ1n) is 5.66. The van der Waals surface area contributed by atoms with Gasteiger partial charge in [-0.3, -0.25) is 4.90 Å². The average Bonchev–Trinajstić information content (AvgIpc) is 2.12. The molecular formula is C11H23NO2. The van der Waals surface area contributed by atoms with Crippen LogP contribution in [0.4, 0.5) is 0 Å². The van der Waals surface area contributed by atoms with Gasteiger partial charge in [0, 0.05) is 19.7 Å². The van der Waals surface area contributed by atoms with Crippen molar-refractivity contribution in [2.24, 2.45) is 5.92 Å². The fourth-order valence-corrected chi connectivity index (χ4v) is 1.75. The fourth-order valence-electron chi connectivity index (χ4n) is 1.75. The summed E-state index contributed by atoms with van der Waals surface area (Å²) in [5.41, 5.74) is 0. The van der Waals surface area contributed by atoms with Crippen LogP contribution in [-0.2, 0) is 4.74 Å². The molecule has 3 heteroatoms. The second kappa shape index (κ2) is 6.38. The Labute approximate surface area is 87.1 Å². The molecular weight excluding hydrogens is 178 g/mol. The van der Waals surface area contributed by atoms with Crippen LogP contribution in [0.5, 0.6) is 0 Å². The summed E-state index contributed by atoms with van der Waals surface area (Å²) in [7, 11) is 0. The van der Waals surface area contributed by atoms with Crippen molar-refractivity contribution in [3.05, 3.63) is 0 Å². The van der Waals surface area contributed by atoms with Gasteiger partial charge in [0.1, 0.15) is 0 Å². The first kappa shape index (κ1) is 12.0. The van der Waals surface area contributed by atoms with Crippen molar-refractivity contribution >= 4 is 0 Å². The maximum absolute atomic E-state index is 9.44. The van der Waals surface area contributed by atoms with E-state index in [1.807, 2.05) is 0 Å².